The molecule has 172 valence electrons. The number of aromatic nitrogens is 1. The zero-order chi connectivity index (χ0) is 23.0. The summed E-state index contributed by atoms with van der Waals surface area (Å²) in [6, 6.07) is 5.66. The third-order valence-corrected chi connectivity index (χ3v) is 7.29. The van der Waals surface area contributed by atoms with Crippen LogP contribution in [0.2, 0.25) is 0 Å². The predicted octanol–water partition coefficient (Wildman–Crippen LogP) is 1.82. The lowest BCUT2D eigenvalue weighted by Gasteiger charge is -2.33. The highest BCUT2D eigenvalue weighted by Gasteiger charge is 2.33. The molecule has 0 saturated carbocycles. The number of piperidine rings is 1. The van der Waals surface area contributed by atoms with E-state index < -0.39 is 34.2 Å². The van der Waals surface area contributed by atoms with Crippen molar-refractivity contribution < 1.29 is 31.8 Å². The summed E-state index contributed by atoms with van der Waals surface area (Å²) in [4.78, 5) is 0.0244. The number of hydrogen-bond donors (Lipinski definition) is 4. The first-order valence-corrected chi connectivity index (χ1v) is 11.1. The molecule has 31 heavy (non-hydrogen) atoms. The number of hydrogen-bond acceptors (Lipinski definition) is 6. The molecule has 0 aliphatic carbocycles. The minimum Gasteiger partial charge on any atom is -0.374 e. The van der Waals surface area contributed by atoms with Gasteiger partial charge in [-0.15, -0.1) is 0 Å². The maximum absolute atomic E-state index is 12.9. The first kappa shape index (κ1) is 23.5. The van der Waals surface area contributed by atoms with E-state index >= 15 is 0 Å². The van der Waals surface area contributed by atoms with E-state index in [0.717, 1.165) is 12.1 Å². The molecular formula is C19H25F3N4O4S. The van der Waals surface area contributed by atoms with Crippen LogP contribution in [0.15, 0.2) is 41.4 Å². The molecule has 0 bridgehead atoms. The van der Waals surface area contributed by atoms with Gasteiger partial charge in [0.25, 0.3) is 0 Å². The van der Waals surface area contributed by atoms with Crippen molar-refractivity contribution in [2.75, 3.05) is 18.4 Å². The topological polar surface area (TPSA) is 121 Å². The molecule has 1 fully saturated rings. The second-order valence-electron chi connectivity index (χ2n) is 7.56. The highest BCUT2D eigenvalue weighted by molar-refractivity contribution is 7.89. The first-order valence-electron chi connectivity index (χ1n) is 9.61. The van der Waals surface area contributed by atoms with Crippen LogP contribution in [-0.4, -0.2) is 46.8 Å². The van der Waals surface area contributed by atoms with Gasteiger partial charge in [-0.2, -0.15) is 17.5 Å². The number of aliphatic hydroxyl groups excluding tert-OH is 2. The molecule has 2 heterocycles. The monoisotopic (exact) mass is 462 g/mol. The molecule has 2 atom stereocenters. The lowest BCUT2D eigenvalue weighted by Crippen LogP contribution is -2.42. The van der Waals surface area contributed by atoms with Gasteiger partial charge in [0, 0.05) is 37.9 Å². The molecule has 5 N–H and O–H groups in total. The summed E-state index contributed by atoms with van der Waals surface area (Å²) < 4.78 is 66.4. The standard InChI is InChI=1S/C19H25F3N4O4S/c1-25-11-15(10-16(25)17(23)27)31(29,30)26-8-6-12(7-9-26)18(28)24-14-4-2-13(3-5-14)19(20,21)22/h2-5,10-12,17-18,24,27-28H,6-9,23H2,1H3. The molecule has 1 saturated heterocycles. The molecule has 1 aliphatic heterocycles. The lowest BCUT2D eigenvalue weighted by molar-refractivity contribution is -0.137. The Hall–Kier alpha value is -2.12. The second-order valence-corrected chi connectivity index (χ2v) is 9.50. The number of nitrogens with zero attached hydrogens (tertiary/aromatic N) is 2. The molecule has 1 aromatic carbocycles. The van der Waals surface area contributed by atoms with Crippen molar-refractivity contribution in [1.82, 2.24) is 8.87 Å². The number of benzene rings is 1. The Balaban J connectivity index is 1.60. The lowest BCUT2D eigenvalue weighted by atomic mass is 9.96. The van der Waals surface area contributed by atoms with Crippen LogP contribution in [0.4, 0.5) is 18.9 Å². The second kappa shape index (κ2) is 8.79. The van der Waals surface area contributed by atoms with Crippen molar-refractivity contribution in [2.45, 2.75) is 36.4 Å². The van der Waals surface area contributed by atoms with Crippen molar-refractivity contribution in [3.8, 4) is 0 Å². The number of rotatable bonds is 6. The van der Waals surface area contributed by atoms with Crippen LogP contribution in [0.5, 0.6) is 0 Å². The summed E-state index contributed by atoms with van der Waals surface area (Å²) in [6.45, 7) is 0.350. The fourth-order valence-electron chi connectivity index (χ4n) is 3.61. The van der Waals surface area contributed by atoms with Gasteiger partial charge in [-0.1, -0.05) is 0 Å². The van der Waals surface area contributed by atoms with Crippen LogP contribution < -0.4 is 11.1 Å². The maximum atomic E-state index is 12.9. The number of anilines is 1. The smallest absolute Gasteiger partial charge is 0.374 e. The van der Waals surface area contributed by atoms with Crippen LogP contribution in [0, 0.1) is 5.92 Å². The third kappa shape index (κ3) is 5.21. The highest BCUT2D eigenvalue weighted by atomic mass is 32.2. The van der Waals surface area contributed by atoms with Crippen LogP contribution in [-0.2, 0) is 23.2 Å². The van der Waals surface area contributed by atoms with Gasteiger partial charge in [0.1, 0.15) is 17.4 Å². The largest absolute Gasteiger partial charge is 0.416 e. The van der Waals surface area contributed by atoms with Crippen molar-refractivity contribution in [1.29, 1.82) is 0 Å². The number of aryl methyl sites for hydroxylation is 1. The maximum Gasteiger partial charge on any atom is 0.416 e. The number of halogens is 3. The molecule has 0 radical (unpaired) electrons. The van der Waals surface area contributed by atoms with Crippen LogP contribution in [0.25, 0.3) is 0 Å². The van der Waals surface area contributed by atoms with Gasteiger partial charge in [-0.05, 0) is 43.2 Å². The molecule has 3 rings (SSSR count). The zero-order valence-corrected chi connectivity index (χ0v) is 17.6. The zero-order valence-electron chi connectivity index (χ0n) is 16.7. The summed E-state index contributed by atoms with van der Waals surface area (Å²) in [6.07, 6.45) is -4.64. The van der Waals surface area contributed by atoms with Crippen LogP contribution >= 0.6 is 0 Å². The number of nitrogens with one attached hydrogen (secondary N) is 1. The van der Waals surface area contributed by atoms with Crippen LogP contribution in [0.1, 0.15) is 30.3 Å². The van der Waals surface area contributed by atoms with Crippen LogP contribution in [0.3, 0.4) is 0 Å². The predicted molar refractivity (Wildman–Crippen MR) is 107 cm³/mol. The Labute approximate surface area is 178 Å². The van der Waals surface area contributed by atoms with Gasteiger partial charge >= 0.3 is 6.18 Å². The summed E-state index contributed by atoms with van der Waals surface area (Å²) >= 11 is 0. The molecule has 1 aromatic heterocycles. The minimum absolute atomic E-state index is 0.0244. The molecule has 8 nitrogen and oxygen atoms in total. The van der Waals surface area contributed by atoms with E-state index in [2.05, 4.69) is 5.32 Å². The highest BCUT2D eigenvalue weighted by Crippen LogP contribution is 2.31. The third-order valence-electron chi connectivity index (χ3n) is 5.43. The quantitative estimate of drug-likeness (QED) is 0.486. The Morgan fingerprint density at radius 2 is 1.74 bits per heavy atom. The van der Waals surface area contributed by atoms with Crippen molar-refractivity contribution in [3.63, 3.8) is 0 Å². The molecule has 2 aromatic rings. The van der Waals surface area contributed by atoms with E-state index in [1.807, 2.05) is 0 Å². The molecule has 1 aliphatic rings. The summed E-state index contributed by atoms with van der Waals surface area (Å²) in [5, 5.41) is 22.7. The summed E-state index contributed by atoms with van der Waals surface area (Å²) in [7, 11) is -2.20. The van der Waals surface area contributed by atoms with Gasteiger partial charge in [0.05, 0.1) is 11.3 Å². The van der Waals surface area contributed by atoms with E-state index in [4.69, 9.17) is 5.73 Å². The van der Waals surface area contributed by atoms with E-state index in [1.54, 1.807) is 7.05 Å². The summed E-state index contributed by atoms with van der Waals surface area (Å²) in [5.41, 5.74) is 5.26. The molecule has 0 spiro atoms. The molecule has 12 heteroatoms. The number of alkyl halides is 3. The van der Waals surface area contributed by atoms with Gasteiger partial charge in [0.2, 0.25) is 10.0 Å². The average Bonchev–Trinajstić information content (AvgIpc) is 3.10. The summed E-state index contributed by atoms with van der Waals surface area (Å²) in [5.74, 6) is -0.272. The fourth-order valence-corrected chi connectivity index (χ4v) is 5.16. The average molecular weight is 462 g/mol. The van der Waals surface area contributed by atoms with Gasteiger partial charge in [-0.3, -0.25) is 0 Å². The first-order chi connectivity index (χ1) is 14.4. The van der Waals surface area contributed by atoms with E-state index in [-0.39, 0.29) is 29.6 Å². The normalized spacial score (nSPS) is 18.7. The Bertz CT molecular complexity index is 998. The van der Waals surface area contributed by atoms with E-state index in [9.17, 15) is 31.8 Å². The molecule has 2 unspecified atom stereocenters. The fraction of sp³-hybridized carbons (Fsp3) is 0.474. The molecular weight excluding hydrogens is 437 g/mol. The molecule has 0 amide bonds. The van der Waals surface area contributed by atoms with Gasteiger partial charge in [-0.25, -0.2) is 8.42 Å². The Kier molecular flexibility index (Phi) is 6.67. The van der Waals surface area contributed by atoms with Gasteiger partial charge in [0.15, 0.2) is 0 Å². The minimum atomic E-state index is -4.43. The number of aliphatic hydroxyl groups is 2. The van der Waals surface area contributed by atoms with E-state index in [0.29, 0.717) is 18.5 Å². The number of nitrogens with two attached hydrogens (primary N) is 1. The van der Waals surface area contributed by atoms with Crippen molar-refractivity contribution in [2.24, 2.45) is 18.7 Å². The Morgan fingerprint density at radius 3 is 2.23 bits per heavy atom. The van der Waals surface area contributed by atoms with Gasteiger partial charge < -0.3 is 25.8 Å². The van der Waals surface area contributed by atoms with E-state index in [1.165, 1.54) is 33.3 Å². The van der Waals surface area contributed by atoms with Crippen molar-refractivity contribution >= 4 is 15.7 Å². The van der Waals surface area contributed by atoms with Crippen molar-refractivity contribution in [3.05, 3.63) is 47.8 Å². The number of sulfonamides is 1. The Morgan fingerprint density at radius 1 is 1.16 bits per heavy atom. The SMILES string of the molecule is Cn1cc(S(=O)(=O)N2CCC(C(O)Nc3ccc(C(F)(F)F)cc3)CC2)cc1C(N)O.